The summed E-state index contributed by atoms with van der Waals surface area (Å²) < 4.78 is 3.55. The molecule has 3 rings (SSSR count). The first-order valence-corrected chi connectivity index (χ1v) is 9.22. The minimum Gasteiger partial charge on any atom is -0.348 e. The van der Waals surface area contributed by atoms with Gasteiger partial charge in [-0.15, -0.1) is 10.2 Å². The van der Waals surface area contributed by atoms with Gasteiger partial charge in [0, 0.05) is 20.6 Å². The fourth-order valence-corrected chi connectivity index (χ4v) is 3.52. The SMILES string of the molecule is CCCCn1c(=O)c2ccccc2n2c(SCC(=O)N(C)C)nnc12. The van der Waals surface area contributed by atoms with Crippen molar-refractivity contribution < 1.29 is 4.79 Å². The Bertz CT molecular complexity index is 976. The fraction of sp³-hybridized carbons (Fsp3) is 0.412. The van der Waals surface area contributed by atoms with E-state index >= 15 is 0 Å². The lowest BCUT2D eigenvalue weighted by atomic mass is 10.2. The molecule has 3 aromatic rings. The lowest BCUT2D eigenvalue weighted by molar-refractivity contribution is -0.125. The van der Waals surface area contributed by atoms with Crippen molar-refractivity contribution in [2.24, 2.45) is 0 Å². The van der Waals surface area contributed by atoms with Crippen LogP contribution < -0.4 is 5.56 Å². The van der Waals surface area contributed by atoms with Gasteiger partial charge in [-0.2, -0.15) is 0 Å². The van der Waals surface area contributed by atoms with Crippen LogP contribution in [0.15, 0.2) is 34.2 Å². The summed E-state index contributed by atoms with van der Waals surface area (Å²) >= 11 is 1.33. The Morgan fingerprint density at radius 1 is 1.24 bits per heavy atom. The van der Waals surface area contributed by atoms with Crippen LogP contribution in [-0.4, -0.2) is 49.8 Å². The first-order chi connectivity index (χ1) is 12.0. The van der Waals surface area contributed by atoms with Crippen LogP contribution in [0, 0.1) is 0 Å². The van der Waals surface area contributed by atoms with E-state index in [1.807, 2.05) is 28.7 Å². The molecule has 8 heteroatoms. The van der Waals surface area contributed by atoms with Crippen molar-refractivity contribution in [1.82, 2.24) is 24.1 Å². The molecule has 0 unspecified atom stereocenters. The highest BCUT2D eigenvalue weighted by Gasteiger charge is 2.17. The zero-order valence-corrected chi connectivity index (χ0v) is 15.4. The molecule has 1 aromatic carbocycles. The van der Waals surface area contributed by atoms with Gasteiger partial charge >= 0.3 is 0 Å². The van der Waals surface area contributed by atoms with Crippen LogP contribution in [-0.2, 0) is 11.3 Å². The molecule has 7 nitrogen and oxygen atoms in total. The van der Waals surface area contributed by atoms with Gasteiger partial charge in [-0.25, -0.2) is 0 Å². The number of aromatic nitrogens is 4. The van der Waals surface area contributed by atoms with Crippen molar-refractivity contribution in [3.05, 3.63) is 34.6 Å². The van der Waals surface area contributed by atoms with E-state index in [1.165, 1.54) is 11.8 Å². The summed E-state index contributed by atoms with van der Waals surface area (Å²) in [5.41, 5.74) is 0.713. The van der Waals surface area contributed by atoms with Crippen molar-refractivity contribution in [2.75, 3.05) is 19.8 Å². The predicted octanol–water partition coefficient (Wildman–Crippen LogP) is 2.02. The number of thioether (sulfide) groups is 1. The third-order valence-corrected chi connectivity index (χ3v) is 4.95. The second-order valence-corrected chi connectivity index (χ2v) is 6.96. The van der Waals surface area contributed by atoms with Crippen LogP contribution >= 0.6 is 11.8 Å². The van der Waals surface area contributed by atoms with Gasteiger partial charge in [-0.05, 0) is 18.6 Å². The molecule has 2 heterocycles. The summed E-state index contributed by atoms with van der Waals surface area (Å²) in [7, 11) is 3.45. The number of nitrogens with zero attached hydrogens (tertiary/aromatic N) is 5. The zero-order chi connectivity index (χ0) is 18.0. The summed E-state index contributed by atoms with van der Waals surface area (Å²) in [4.78, 5) is 26.3. The number of rotatable bonds is 6. The van der Waals surface area contributed by atoms with Crippen LogP contribution in [0.1, 0.15) is 19.8 Å². The molecule has 0 saturated carbocycles. The summed E-state index contributed by atoms with van der Waals surface area (Å²) in [6, 6.07) is 7.44. The van der Waals surface area contributed by atoms with E-state index in [1.54, 1.807) is 23.6 Å². The van der Waals surface area contributed by atoms with E-state index in [0.717, 1.165) is 18.4 Å². The molecule has 0 atom stereocenters. The molecule has 0 saturated heterocycles. The van der Waals surface area contributed by atoms with E-state index in [2.05, 4.69) is 17.1 Å². The van der Waals surface area contributed by atoms with E-state index < -0.39 is 0 Å². The number of hydrogen-bond acceptors (Lipinski definition) is 5. The number of hydrogen-bond donors (Lipinski definition) is 0. The Hall–Kier alpha value is -2.35. The molecular weight excluding hydrogens is 338 g/mol. The Kier molecular flexibility index (Phi) is 5.08. The smallest absolute Gasteiger partial charge is 0.262 e. The summed E-state index contributed by atoms with van der Waals surface area (Å²) in [6.07, 6.45) is 1.88. The van der Waals surface area contributed by atoms with Crippen molar-refractivity contribution in [3.8, 4) is 0 Å². The Labute approximate surface area is 149 Å². The molecule has 0 N–H and O–H groups in total. The van der Waals surface area contributed by atoms with Gasteiger partial charge in [-0.3, -0.25) is 18.6 Å². The maximum Gasteiger partial charge on any atom is 0.262 e. The van der Waals surface area contributed by atoms with Gasteiger partial charge in [0.1, 0.15) is 0 Å². The Morgan fingerprint density at radius 2 is 2.00 bits per heavy atom. The summed E-state index contributed by atoms with van der Waals surface area (Å²) in [5, 5.41) is 9.72. The lowest BCUT2D eigenvalue weighted by Crippen LogP contribution is -2.24. The topological polar surface area (TPSA) is 72.5 Å². The number of fused-ring (bicyclic) bond motifs is 3. The molecule has 0 bridgehead atoms. The largest absolute Gasteiger partial charge is 0.348 e. The average Bonchev–Trinajstić information content (AvgIpc) is 3.03. The van der Waals surface area contributed by atoms with Crippen molar-refractivity contribution in [1.29, 1.82) is 0 Å². The molecule has 0 radical (unpaired) electrons. The Balaban J connectivity index is 2.16. The van der Waals surface area contributed by atoms with Crippen LogP contribution in [0.3, 0.4) is 0 Å². The number of carbonyl (C=O) groups is 1. The van der Waals surface area contributed by atoms with E-state index in [4.69, 9.17) is 0 Å². The van der Waals surface area contributed by atoms with Crippen molar-refractivity contribution in [2.45, 2.75) is 31.5 Å². The van der Waals surface area contributed by atoms with Crippen LogP contribution in [0.25, 0.3) is 16.7 Å². The monoisotopic (exact) mass is 359 g/mol. The Morgan fingerprint density at radius 3 is 2.72 bits per heavy atom. The molecule has 0 aliphatic rings. The number of para-hydroxylation sites is 1. The van der Waals surface area contributed by atoms with Crippen LogP contribution in [0.5, 0.6) is 0 Å². The van der Waals surface area contributed by atoms with Crippen LogP contribution in [0.2, 0.25) is 0 Å². The van der Waals surface area contributed by atoms with E-state index in [9.17, 15) is 9.59 Å². The minimum absolute atomic E-state index is 0.00496. The third kappa shape index (κ3) is 3.26. The van der Waals surface area contributed by atoms with Gasteiger partial charge < -0.3 is 4.90 Å². The van der Waals surface area contributed by atoms with Crippen LogP contribution in [0.4, 0.5) is 0 Å². The standard InChI is InChI=1S/C17H21N5O2S/c1-4-5-10-21-15(24)12-8-6-7-9-13(12)22-16(21)18-19-17(22)25-11-14(23)20(2)3/h6-9H,4-5,10-11H2,1-3H3. The number of carbonyl (C=O) groups excluding carboxylic acids is 1. The molecule has 2 aromatic heterocycles. The molecule has 0 spiro atoms. The quantitative estimate of drug-likeness (QED) is 0.630. The highest BCUT2D eigenvalue weighted by molar-refractivity contribution is 7.99. The molecule has 0 aliphatic heterocycles. The van der Waals surface area contributed by atoms with E-state index in [-0.39, 0.29) is 17.2 Å². The number of amides is 1. The molecule has 132 valence electrons. The highest BCUT2D eigenvalue weighted by atomic mass is 32.2. The first kappa shape index (κ1) is 17.5. The summed E-state index contributed by atoms with van der Waals surface area (Å²) in [5.74, 6) is 0.804. The molecule has 25 heavy (non-hydrogen) atoms. The second kappa shape index (κ2) is 7.26. The molecule has 0 fully saturated rings. The maximum absolute atomic E-state index is 12.8. The zero-order valence-electron chi connectivity index (χ0n) is 14.6. The van der Waals surface area contributed by atoms with Gasteiger partial charge in [0.25, 0.3) is 5.56 Å². The van der Waals surface area contributed by atoms with Gasteiger partial charge in [-0.1, -0.05) is 37.2 Å². The van der Waals surface area contributed by atoms with Gasteiger partial charge in [0.2, 0.25) is 11.7 Å². The number of benzene rings is 1. The average molecular weight is 359 g/mol. The fourth-order valence-electron chi connectivity index (χ4n) is 2.60. The number of unbranched alkanes of at least 4 members (excludes halogenated alkanes) is 1. The van der Waals surface area contributed by atoms with Crippen molar-refractivity contribution >= 4 is 34.3 Å². The normalized spacial score (nSPS) is 11.3. The molecular formula is C17H21N5O2S. The predicted molar refractivity (Wildman–Crippen MR) is 99.1 cm³/mol. The second-order valence-electron chi connectivity index (χ2n) is 6.02. The lowest BCUT2D eigenvalue weighted by Gasteiger charge is -2.11. The molecule has 1 amide bonds. The first-order valence-electron chi connectivity index (χ1n) is 8.24. The van der Waals surface area contributed by atoms with E-state index in [0.29, 0.717) is 22.9 Å². The maximum atomic E-state index is 12.8. The summed E-state index contributed by atoms with van der Waals surface area (Å²) in [6.45, 7) is 2.68. The van der Waals surface area contributed by atoms with Gasteiger partial charge in [0.15, 0.2) is 5.16 Å². The third-order valence-electron chi connectivity index (χ3n) is 4.04. The minimum atomic E-state index is -0.0510. The van der Waals surface area contributed by atoms with Gasteiger partial charge in [0.05, 0.1) is 16.7 Å². The van der Waals surface area contributed by atoms with Crippen molar-refractivity contribution in [3.63, 3.8) is 0 Å². The molecule has 0 aliphatic carbocycles. The highest BCUT2D eigenvalue weighted by Crippen LogP contribution is 2.21. The number of aryl methyl sites for hydroxylation is 1.